The molecule has 8 aromatic rings. The van der Waals surface area contributed by atoms with E-state index in [1.807, 2.05) is 100 Å². The first kappa shape index (κ1) is 49.1. The molecule has 0 spiro atoms. The van der Waals surface area contributed by atoms with E-state index in [0.29, 0.717) is 45.1 Å². The van der Waals surface area contributed by atoms with Gasteiger partial charge in [-0.3, -0.25) is 9.11 Å². The number of azo groups is 4. The highest BCUT2D eigenvalue weighted by Crippen LogP contribution is 2.41. The van der Waals surface area contributed by atoms with E-state index in [9.17, 15) is 31.0 Å². The number of methoxy groups -OCH3 is 2. The molecular formula is C51H45N9O9S2. The van der Waals surface area contributed by atoms with Crippen molar-refractivity contribution < 1.29 is 40.5 Å². The summed E-state index contributed by atoms with van der Waals surface area (Å²) >= 11 is 0. The van der Waals surface area contributed by atoms with Gasteiger partial charge < -0.3 is 19.9 Å². The molecule has 0 amide bonds. The van der Waals surface area contributed by atoms with Gasteiger partial charge in [0.2, 0.25) is 0 Å². The molecule has 0 heterocycles. The molecule has 0 fully saturated rings. The lowest BCUT2D eigenvalue weighted by atomic mass is 10.1. The fourth-order valence-corrected chi connectivity index (χ4v) is 8.87. The number of rotatable bonds is 14. The van der Waals surface area contributed by atoms with Crippen LogP contribution in [-0.4, -0.2) is 45.3 Å². The molecule has 0 unspecified atom stereocenters. The van der Waals surface area contributed by atoms with Crippen molar-refractivity contribution in [2.24, 2.45) is 40.9 Å². The van der Waals surface area contributed by atoms with E-state index >= 15 is 0 Å². The summed E-state index contributed by atoms with van der Waals surface area (Å²) in [5, 5.41) is 51.3. The normalized spacial score (nSPS) is 12.4. The van der Waals surface area contributed by atoms with Crippen LogP contribution in [0.25, 0.3) is 21.5 Å². The fraction of sp³-hybridized carbons (Fsp3) is 0.137. The first-order valence-corrected chi connectivity index (χ1v) is 24.4. The highest BCUT2D eigenvalue weighted by Gasteiger charge is 2.22. The Hall–Kier alpha value is -8.30. The zero-order valence-electron chi connectivity index (χ0n) is 39.2. The summed E-state index contributed by atoms with van der Waals surface area (Å²) in [5.74, 6) is 1.05. The molecule has 4 N–H and O–H groups in total. The Morgan fingerprint density at radius 2 is 0.887 bits per heavy atom. The smallest absolute Gasteiger partial charge is 0.296 e. The van der Waals surface area contributed by atoms with E-state index in [0.717, 1.165) is 63.0 Å². The van der Waals surface area contributed by atoms with Crippen LogP contribution in [0.3, 0.4) is 0 Å². The van der Waals surface area contributed by atoms with Gasteiger partial charge in [0.05, 0.1) is 42.7 Å². The van der Waals surface area contributed by atoms with Gasteiger partial charge in [0, 0.05) is 28.2 Å². The van der Waals surface area contributed by atoms with Crippen molar-refractivity contribution in [3.05, 3.63) is 149 Å². The standard InChI is InChI=1S/C51H45N9O9S2/c1-28-20-42(29(2)19-41(28)54-53-40-18-11-34-24-36(14-17-38(34)51(40)61)52-35-12-15-37(68-6)16-13-35)55-56-43-21-31(4)44(22-30(43)3)57-59-46-23-32(5)45(27-48(46)69-7)58-60-47-26-39-33(25-50(47)71(65,66)67)9-8-10-49(39)70(62,63)64/h8-27,52,61H,1-7H3,(H,62,63,64)(H,65,66,67). The van der Waals surface area contributed by atoms with Crippen LogP contribution in [0.4, 0.5) is 56.9 Å². The Bertz CT molecular complexity index is 3790. The van der Waals surface area contributed by atoms with Crippen LogP contribution in [0.2, 0.25) is 0 Å². The SMILES string of the molecule is COc1ccc(Nc2ccc3c(O)c(N=Nc4cc(C)c(N=Nc5cc(C)c(N=Nc6cc(C)c(N=Nc7cc8c(S(=O)(=O)O)cccc8cc7S(=O)(=O)O)cc6OC)cc5C)cc4C)ccc3c2)cc1. The Morgan fingerprint density at radius 1 is 0.423 bits per heavy atom. The summed E-state index contributed by atoms with van der Waals surface area (Å²) in [6.45, 7) is 9.26. The fourth-order valence-electron chi connectivity index (χ4n) is 7.52. The second kappa shape index (κ2) is 20.0. The van der Waals surface area contributed by atoms with Crippen molar-refractivity contribution in [3.8, 4) is 17.2 Å². The van der Waals surface area contributed by atoms with E-state index in [-0.39, 0.29) is 33.6 Å². The molecule has 8 rings (SSSR count). The van der Waals surface area contributed by atoms with Gasteiger partial charge in [-0.15, -0.1) is 15.3 Å². The molecule has 0 saturated carbocycles. The molecule has 0 bridgehead atoms. The molecule has 0 aliphatic rings. The number of fused-ring (bicyclic) bond motifs is 2. The van der Waals surface area contributed by atoms with Crippen molar-refractivity contribution in [1.82, 2.24) is 0 Å². The molecule has 18 nitrogen and oxygen atoms in total. The minimum absolute atomic E-state index is 0.0230. The monoisotopic (exact) mass is 991 g/mol. The first-order chi connectivity index (χ1) is 33.8. The molecule has 360 valence electrons. The summed E-state index contributed by atoms with van der Waals surface area (Å²) in [4.78, 5) is -1.10. The number of aryl methyl sites for hydroxylation is 5. The summed E-state index contributed by atoms with van der Waals surface area (Å²) in [5.41, 5.74) is 8.47. The third-order valence-electron chi connectivity index (χ3n) is 11.4. The molecule has 0 radical (unpaired) electrons. The molecule has 0 saturated heterocycles. The molecular weight excluding hydrogens is 947 g/mol. The molecule has 0 aromatic heterocycles. The van der Waals surface area contributed by atoms with Crippen LogP contribution < -0.4 is 14.8 Å². The Labute approximate surface area is 408 Å². The van der Waals surface area contributed by atoms with Crippen molar-refractivity contribution in [2.75, 3.05) is 19.5 Å². The van der Waals surface area contributed by atoms with Crippen LogP contribution in [-0.2, 0) is 20.2 Å². The maximum atomic E-state index is 12.3. The molecule has 20 heteroatoms. The first-order valence-electron chi connectivity index (χ1n) is 21.6. The quantitative estimate of drug-likeness (QED) is 0.0591. The lowest BCUT2D eigenvalue weighted by molar-refractivity contribution is 0.415. The van der Waals surface area contributed by atoms with Crippen LogP contribution in [0, 0.1) is 34.6 Å². The lowest BCUT2D eigenvalue weighted by Gasteiger charge is -2.10. The van der Waals surface area contributed by atoms with Gasteiger partial charge in [0.25, 0.3) is 20.2 Å². The van der Waals surface area contributed by atoms with Gasteiger partial charge in [-0.25, -0.2) is 0 Å². The van der Waals surface area contributed by atoms with Gasteiger partial charge in [-0.1, -0.05) is 18.2 Å². The van der Waals surface area contributed by atoms with Crippen molar-refractivity contribution in [2.45, 2.75) is 44.4 Å². The second-order valence-corrected chi connectivity index (χ2v) is 19.2. The number of benzene rings is 8. The largest absolute Gasteiger partial charge is 0.505 e. The van der Waals surface area contributed by atoms with E-state index in [2.05, 4.69) is 46.2 Å². The maximum Gasteiger partial charge on any atom is 0.296 e. The number of hydrogen-bond donors (Lipinski definition) is 4. The number of anilines is 2. The highest BCUT2D eigenvalue weighted by atomic mass is 32.2. The van der Waals surface area contributed by atoms with Gasteiger partial charge in [-0.05, 0) is 170 Å². The third-order valence-corrected chi connectivity index (χ3v) is 13.2. The minimum Gasteiger partial charge on any atom is -0.505 e. The van der Waals surface area contributed by atoms with Gasteiger partial charge in [-0.2, -0.15) is 42.4 Å². The Morgan fingerprint density at radius 3 is 1.41 bits per heavy atom. The number of hydrogen-bond acceptors (Lipinski definition) is 16. The number of nitrogens with one attached hydrogen (secondary N) is 1. The number of phenols is 1. The number of ether oxygens (including phenoxy) is 2. The number of nitrogens with zero attached hydrogens (tertiary/aromatic N) is 8. The minimum atomic E-state index is -4.84. The molecule has 71 heavy (non-hydrogen) atoms. The summed E-state index contributed by atoms with van der Waals surface area (Å²) in [6, 6.07) is 33.5. The summed E-state index contributed by atoms with van der Waals surface area (Å²) in [7, 11) is -6.48. The van der Waals surface area contributed by atoms with E-state index in [1.54, 1.807) is 26.2 Å². The van der Waals surface area contributed by atoms with Crippen LogP contribution in [0.5, 0.6) is 17.2 Å². The van der Waals surface area contributed by atoms with Gasteiger partial charge >= 0.3 is 0 Å². The third kappa shape index (κ3) is 11.0. The second-order valence-electron chi connectivity index (χ2n) is 16.4. The molecule has 0 atom stereocenters. The predicted octanol–water partition coefficient (Wildman–Crippen LogP) is 15.2. The van der Waals surface area contributed by atoms with E-state index in [1.165, 1.54) is 25.3 Å². The lowest BCUT2D eigenvalue weighted by Crippen LogP contribution is -2.01. The average molecular weight is 992 g/mol. The summed E-state index contributed by atoms with van der Waals surface area (Å²) in [6.07, 6.45) is 0. The van der Waals surface area contributed by atoms with Crippen LogP contribution >= 0.6 is 0 Å². The van der Waals surface area contributed by atoms with Crippen molar-refractivity contribution in [3.63, 3.8) is 0 Å². The zero-order chi connectivity index (χ0) is 50.8. The maximum absolute atomic E-state index is 12.3. The predicted molar refractivity (Wildman–Crippen MR) is 272 cm³/mol. The van der Waals surface area contributed by atoms with Crippen LogP contribution in [0.1, 0.15) is 27.8 Å². The summed E-state index contributed by atoms with van der Waals surface area (Å²) < 4.78 is 79.3. The Balaban J connectivity index is 0.969. The molecule has 8 aromatic carbocycles. The highest BCUT2D eigenvalue weighted by molar-refractivity contribution is 7.86. The Kier molecular flexibility index (Phi) is 13.8. The van der Waals surface area contributed by atoms with Crippen LogP contribution in [0.15, 0.2) is 172 Å². The van der Waals surface area contributed by atoms with E-state index < -0.39 is 30.0 Å². The number of phenolic OH excluding ortho intramolecular Hbond substituents is 1. The average Bonchev–Trinajstić information content (AvgIpc) is 3.33. The topological polar surface area (TPSA) is 258 Å². The molecule has 0 aliphatic heterocycles. The van der Waals surface area contributed by atoms with Gasteiger partial charge in [0.15, 0.2) is 5.75 Å². The van der Waals surface area contributed by atoms with Crippen molar-refractivity contribution >= 4 is 98.7 Å². The van der Waals surface area contributed by atoms with E-state index in [4.69, 9.17) is 9.47 Å². The number of aromatic hydroxyl groups is 1. The van der Waals surface area contributed by atoms with Gasteiger partial charge in [0.1, 0.15) is 38.4 Å². The zero-order valence-corrected chi connectivity index (χ0v) is 40.9. The van der Waals surface area contributed by atoms with Crippen molar-refractivity contribution in [1.29, 1.82) is 0 Å². The molecule has 0 aliphatic carbocycles.